The van der Waals surface area contributed by atoms with Crippen molar-refractivity contribution < 1.29 is 29.8 Å². The first-order valence-electron chi connectivity index (χ1n) is 30.9. The highest BCUT2D eigenvalue weighted by atomic mass is 32.2. The van der Waals surface area contributed by atoms with Crippen LogP contribution >= 0.6 is 0 Å². The van der Waals surface area contributed by atoms with Gasteiger partial charge in [0.1, 0.15) is 11.6 Å². The number of nitrogens with zero attached hydrogens (tertiary/aromatic N) is 12. The van der Waals surface area contributed by atoms with E-state index in [1.54, 1.807) is 153 Å². The molecule has 0 aliphatic rings. The van der Waals surface area contributed by atoms with Crippen molar-refractivity contribution in [1.29, 1.82) is 0 Å². The minimum Gasteiger partial charge on any atom is -0.378 e. The summed E-state index contributed by atoms with van der Waals surface area (Å²) < 4.78 is 89.7. The normalized spacial score (nSPS) is 11.7. The molecule has 0 fully saturated rings. The molecule has 9 aromatic heterocycles. The molecule has 0 saturated heterocycles. The molecule has 24 heteroatoms. The lowest BCUT2D eigenvalue weighted by molar-refractivity contribution is 0.393. The van der Waals surface area contributed by atoms with Crippen LogP contribution in [0.4, 0.5) is 17.1 Å². The molecule has 0 amide bonds. The molecule has 0 aliphatic carbocycles. The summed E-state index contributed by atoms with van der Waals surface area (Å²) in [6.45, 7) is 3.67. The Morgan fingerprint density at radius 2 is 0.776 bits per heavy atom. The number of benzene rings is 6. The number of H-pyrrole nitrogens is 2. The van der Waals surface area contributed by atoms with E-state index in [1.165, 1.54) is 11.9 Å². The van der Waals surface area contributed by atoms with Gasteiger partial charge in [0.25, 0.3) is 30.1 Å². The zero-order valence-electron chi connectivity index (χ0n) is 54.5. The molecule has 0 spiro atoms. The highest BCUT2D eigenvalue weighted by Crippen LogP contribution is 2.40. The zero-order valence-corrected chi connectivity index (χ0v) is 57.0. The van der Waals surface area contributed by atoms with Crippen molar-refractivity contribution >= 4 is 80.2 Å². The Hall–Kier alpha value is -11.7. The number of imidazole rings is 2. The van der Waals surface area contributed by atoms with Gasteiger partial charge in [-0.05, 0) is 122 Å². The van der Waals surface area contributed by atoms with E-state index < -0.39 is 30.1 Å². The van der Waals surface area contributed by atoms with E-state index in [2.05, 4.69) is 40.0 Å². The van der Waals surface area contributed by atoms with Crippen LogP contribution in [0.1, 0.15) is 11.5 Å². The van der Waals surface area contributed by atoms with E-state index in [0.29, 0.717) is 56.1 Å². The minimum atomic E-state index is -3.86. The van der Waals surface area contributed by atoms with Crippen molar-refractivity contribution in [2.75, 3.05) is 57.0 Å². The third-order valence-corrected chi connectivity index (χ3v) is 21.7. The Labute approximate surface area is 566 Å². The Morgan fingerprint density at radius 1 is 0.408 bits per heavy atom. The lowest BCUT2D eigenvalue weighted by Crippen LogP contribution is -2.12. The summed E-state index contributed by atoms with van der Waals surface area (Å²) in [5, 5.41) is 6.22. The molecular weight excluding hydrogens is 1290 g/mol. The molecule has 0 radical (unpaired) electrons. The number of hydrogen-bond donors (Lipinski definition) is 2. The van der Waals surface area contributed by atoms with Crippen LogP contribution < -0.4 is 14.7 Å². The fourth-order valence-corrected chi connectivity index (χ4v) is 15.6. The Kier molecular flexibility index (Phi) is 17.5. The van der Waals surface area contributed by atoms with Crippen LogP contribution in [-0.2, 0) is 30.1 Å². The van der Waals surface area contributed by atoms with E-state index in [9.17, 15) is 25.3 Å². The molecule has 0 aliphatic heterocycles. The Bertz CT molecular complexity index is 5450. The topological polar surface area (TPSA) is 249 Å². The van der Waals surface area contributed by atoms with Gasteiger partial charge in [0.05, 0.1) is 38.6 Å². The lowest BCUT2D eigenvalue weighted by Gasteiger charge is -2.13. The molecule has 15 aromatic rings. The number of hydrogen-bond acceptors (Lipinski definition) is 16. The first-order valence-corrected chi connectivity index (χ1v) is 35.2. The third-order valence-electron chi connectivity index (χ3n) is 16.7. The number of aromatic amines is 2. The summed E-state index contributed by atoms with van der Waals surface area (Å²) in [7, 11) is 0.476. The van der Waals surface area contributed by atoms with Gasteiger partial charge < -0.3 is 29.2 Å². The second-order valence-electron chi connectivity index (χ2n) is 23.7. The maximum absolute atomic E-state index is 13.5. The molecule has 0 unspecified atom stereocenters. The fraction of sp³-hybridized carbons (Fsp3) is 0.108. The number of fused-ring (bicyclic) bond motifs is 3. The predicted molar refractivity (Wildman–Crippen MR) is 386 cm³/mol. The van der Waals surface area contributed by atoms with Crippen molar-refractivity contribution in [2.24, 2.45) is 0 Å². The second-order valence-corrected chi connectivity index (χ2v) is 29.1. The van der Waals surface area contributed by atoms with Crippen LogP contribution in [0.2, 0.25) is 0 Å². The minimum absolute atomic E-state index is 0.197. The maximum atomic E-state index is 13.5. The molecule has 0 bridgehead atoms. The standard InChI is InChI=1S/C26H24N4O3S.2C24H21N5O2S/c1-17-25(18(2)33-28-17)24-16-30(34(31,32)22-8-6-5-7-9-22)26-23(24)14-20(15-27-26)19-10-12-21(13-11-19)29(3)4;1-28(2)19-10-8-17(9-11-19)18-12-21-22(23-14-25-16-27-23)15-29(24(21)26-13-18)32(30,31)20-6-4-3-5-7-20;1-28(2)19-10-8-17(9-11-19)18-14-21-22(23-25-12-13-26-23)16-29(24(21)27-15-18)32(30,31)20-6-4-3-5-7-20/h5-16H,1-4H3;3-16H,1-2H3,(H,25,27);3-16H,1-2H3,(H,25,26). The van der Waals surface area contributed by atoms with Crippen molar-refractivity contribution in [3.63, 3.8) is 0 Å². The average Bonchev–Trinajstić information content (AvgIpc) is 1.60. The summed E-state index contributed by atoms with van der Waals surface area (Å²) in [5.74, 6) is 1.20. The van der Waals surface area contributed by atoms with Crippen LogP contribution in [-0.4, -0.2) is 120 Å². The monoisotopic (exact) mass is 1360 g/mol. The average molecular weight is 1360 g/mol. The van der Waals surface area contributed by atoms with Gasteiger partial charge in [0.2, 0.25) is 0 Å². The number of rotatable bonds is 15. The molecule has 0 saturated carbocycles. The van der Waals surface area contributed by atoms with E-state index in [4.69, 9.17) is 4.52 Å². The molecular formula is C74H66N14O7S3. The Balaban J connectivity index is 0.000000132. The van der Waals surface area contributed by atoms with Crippen LogP contribution in [0.25, 0.3) is 100 Å². The number of pyridine rings is 3. The number of nitrogens with one attached hydrogen (secondary N) is 2. The van der Waals surface area contributed by atoms with Gasteiger partial charge in [0, 0.05) is 164 Å². The Morgan fingerprint density at radius 3 is 1.11 bits per heavy atom. The lowest BCUT2D eigenvalue weighted by atomic mass is 10.0. The molecule has 15 rings (SSSR count). The summed E-state index contributed by atoms with van der Waals surface area (Å²) in [4.78, 5) is 35.1. The van der Waals surface area contributed by atoms with Crippen LogP contribution in [0, 0.1) is 13.8 Å². The first-order chi connectivity index (χ1) is 47.2. The van der Waals surface area contributed by atoms with Gasteiger partial charge in [0.15, 0.2) is 16.9 Å². The highest BCUT2D eigenvalue weighted by molar-refractivity contribution is 7.90. The van der Waals surface area contributed by atoms with E-state index in [0.717, 1.165) is 72.6 Å². The molecule has 98 heavy (non-hydrogen) atoms. The quantitative estimate of drug-likeness (QED) is 0.0968. The number of aromatic nitrogens is 11. The first kappa shape index (κ1) is 65.0. The SMILES string of the molecule is CN(C)c1ccc(-c2cnc3c(c2)c(-c2cnc[nH]2)cn3S(=O)(=O)c2ccccc2)cc1.CN(C)c1ccc(-c2cnc3c(c2)c(-c2ncc[nH]2)cn3S(=O)(=O)c2ccccc2)cc1.Cc1noc(C)c1-c1cn(S(=O)(=O)c2ccccc2)c2ncc(-c3ccc(N(C)C)cc3)cc12. The molecule has 6 aromatic carbocycles. The second kappa shape index (κ2) is 26.5. The van der Waals surface area contributed by atoms with Crippen molar-refractivity contribution in [3.8, 4) is 67.2 Å². The van der Waals surface area contributed by atoms with Crippen molar-refractivity contribution in [3.05, 3.63) is 256 Å². The smallest absolute Gasteiger partial charge is 0.269 e. The highest BCUT2D eigenvalue weighted by Gasteiger charge is 2.28. The van der Waals surface area contributed by atoms with Gasteiger partial charge in [-0.3, -0.25) is 0 Å². The summed E-state index contributed by atoms with van der Waals surface area (Å²) in [6, 6.07) is 55.4. The largest absolute Gasteiger partial charge is 0.378 e. The predicted octanol–water partition coefficient (Wildman–Crippen LogP) is 14.1. The van der Waals surface area contributed by atoms with Crippen molar-refractivity contribution in [2.45, 2.75) is 28.5 Å². The molecule has 2 N–H and O–H groups in total. The zero-order chi connectivity index (χ0) is 68.6. The third kappa shape index (κ3) is 12.5. The number of anilines is 3. The maximum Gasteiger partial charge on any atom is 0.269 e. The van der Waals surface area contributed by atoms with Gasteiger partial charge in [-0.2, -0.15) is 0 Å². The number of aryl methyl sites for hydroxylation is 2. The summed E-state index contributed by atoms with van der Waals surface area (Å²) in [6.07, 6.45) is 16.5. The van der Waals surface area contributed by atoms with E-state index in [1.807, 2.05) is 162 Å². The summed E-state index contributed by atoms with van der Waals surface area (Å²) >= 11 is 0. The molecule has 0 atom stereocenters. The van der Waals surface area contributed by atoms with Crippen LogP contribution in [0.5, 0.6) is 0 Å². The fourth-order valence-electron chi connectivity index (χ4n) is 11.5. The molecule has 9 heterocycles. The molecule has 21 nitrogen and oxygen atoms in total. The van der Waals surface area contributed by atoms with Crippen molar-refractivity contribution in [1.82, 2.24) is 52.0 Å². The van der Waals surface area contributed by atoms with E-state index in [-0.39, 0.29) is 14.7 Å². The summed E-state index contributed by atoms with van der Waals surface area (Å²) in [5.41, 5.74) is 14.3. The van der Waals surface area contributed by atoms with Crippen LogP contribution in [0.3, 0.4) is 0 Å². The van der Waals surface area contributed by atoms with Gasteiger partial charge in [-0.15, -0.1) is 0 Å². The van der Waals surface area contributed by atoms with E-state index >= 15 is 0 Å². The van der Waals surface area contributed by atoms with Crippen LogP contribution in [0.15, 0.2) is 263 Å². The van der Waals surface area contributed by atoms with Gasteiger partial charge in [-0.1, -0.05) is 96.2 Å². The van der Waals surface area contributed by atoms with Gasteiger partial charge >= 0.3 is 0 Å². The molecule has 492 valence electrons. The van der Waals surface area contributed by atoms with Gasteiger partial charge in [-0.25, -0.2) is 62.1 Å².